The highest BCUT2D eigenvalue weighted by Gasteiger charge is 2.30. The molecule has 0 spiro atoms. The van der Waals surface area contributed by atoms with Crippen LogP contribution in [-0.4, -0.2) is 22.6 Å². The van der Waals surface area contributed by atoms with Gasteiger partial charge in [0.15, 0.2) is 0 Å². The molecule has 0 fully saturated rings. The number of benzene rings is 1. The summed E-state index contributed by atoms with van der Waals surface area (Å²) >= 11 is 0. The van der Waals surface area contributed by atoms with Gasteiger partial charge in [-0.25, -0.2) is 9.18 Å². The average Bonchev–Trinajstić information content (AvgIpc) is 2.28. The summed E-state index contributed by atoms with van der Waals surface area (Å²) in [5.41, 5.74) is -0.908. The van der Waals surface area contributed by atoms with E-state index in [4.69, 9.17) is 9.84 Å². The number of nitro groups is 1. The lowest BCUT2D eigenvalue weighted by atomic mass is 10.2. The van der Waals surface area contributed by atoms with Crippen LogP contribution in [0.1, 0.15) is 0 Å². The summed E-state index contributed by atoms with van der Waals surface area (Å²) in [6.45, 7) is -0.334. The summed E-state index contributed by atoms with van der Waals surface area (Å²) < 4.78 is 18.0. The van der Waals surface area contributed by atoms with Gasteiger partial charge in [0.25, 0.3) is 0 Å². The molecule has 0 saturated heterocycles. The zero-order chi connectivity index (χ0) is 13.3. The summed E-state index contributed by atoms with van der Waals surface area (Å²) in [4.78, 5) is 20.4. The largest absolute Gasteiger partial charge is 0.485 e. The SMILES string of the molecule is O=C(O)/C(=C1\COc2cc(F)ccc2N1)[N+](=O)[O-]. The topological polar surface area (TPSA) is 102 Å². The number of carboxylic acid groups (broad SMARTS) is 1. The number of nitrogens with one attached hydrogen (secondary N) is 1. The Morgan fingerprint density at radius 2 is 2.28 bits per heavy atom. The van der Waals surface area contributed by atoms with E-state index in [2.05, 4.69) is 5.32 Å². The minimum absolute atomic E-state index is 0.173. The molecule has 7 nitrogen and oxygen atoms in total. The Balaban J connectivity index is 2.42. The number of nitrogens with zero attached hydrogens (tertiary/aromatic N) is 1. The summed E-state index contributed by atoms with van der Waals surface area (Å²) in [6, 6.07) is 3.54. The number of anilines is 1. The smallest absolute Gasteiger partial charge is 0.409 e. The Bertz CT molecular complexity index is 553. The van der Waals surface area contributed by atoms with Crippen LogP contribution in [0.15, 0.2) is 29.6 Å². The molecule has 0 bridgehead atoms. The predicted molar refractivity (Wildman–Crippen MR) is 57.2 cm³/mol. The van der Waals surface area contributed by atoms with Crippen molar-refractivity contribution in [3.8, 4) is 5.75 Å². The number of hydrogen-bond donors (Lipinski definition) is 2. The molecule has 1 aliphatic heterocycles. The molecule has 0 atom stereocenters. The molecular weight excluding hydrogens is 247 g/mol. The Morgan fingerprint density at radius 3 is 2.89 bits per heavy atom. The van der Waals surface area contributed by atoms with E-state index in [-0.39, 0.29) is 23.7 Å². The standard InChI is InChI=1S/C10H7FN2O5/c11-5-1-2-6-8(3-5)18-4-7(12-6)9(10(14)15)13(16)17/h1-3,12H,4H2,(H,14,15)/b9-7-. The molecule has 94 valence electrons. The van der Waals surface area contributed by atoms with Crippen LogP contribution in [0.5, 0.6) is 5.75 Å². The average molecular weight is 254 g/mol. The van der Waals surface area contributed by atoms with Gasteiger partial charge in [-0.15, -0.1) is 0 Å². The van der Waals surface area contributed by atoms with E-state index in [0.717, 1.165) is 12.1 Å². The molecule has 0 aromatic heterocycles. The summed E-state index contributed by atoms with van der Waals surface area (Å²) in [6.07, 6.45) is 0. The van der Waals surface area contributed by atoms with E-state index < -0.39 is 22.4 Å². The molecule has 2 rings (SSSR count). The van der Waals surface area contributed by atoms with Crippen LogP contribution in [0, 0.1) is 15.9 Å². The van der Waals surface area contributed by atoms with Crippen molar-refractivity contribution in [1.82, 2.24) is 0 Å². The van der Waals surface area contributed by atoms with Crippen LogP contribution in [0.25, 0.3) is 0 Å². The van der Waals surface area contributed by atoms with Gasteiger partial charge in [-0.1, -0.05) is 0 Å². The quantitative estimate of drug-likeness (QED) is 0.467. The molecule has 18 heavy (non-hydrogen) atoms. The van der Waals surface area contributed by atoms with Crippen LogP contribution in [0.3, 0.4) is 0 Å². The third kappa shape index (κ3) is 2.08. The van der Waals surface area contributed by atoms with Crippen molar-refractivity contribution < 1.29 is 24.0 Å². The van der Waals surface area contributed by atoms with Crippen molar-refractivity contribution in [1.29, 1.82) is 0 Å². The second-order valence-electron chi connectivity index (χ2n) is 3.44. The first-order chi connectivity index (χ1) is 8.49. The number of ether oxygens (including phenoxy) is 1. The number of fused-ring (bicyclic) bond motifs is 1. The van der Waals surface area contributed by atoms with Crippen molar-refractivity contribution >= 4 is 11.7 Å². The molecule has 0 radical (unpaired) electrons. The second-order valence-corrected chi connectivity index (χ2v) is 3.44. The monoisotopic (exact) mass is 254 g/mol. The van der Waals surface area contributed by atoms with Gasteiger partial charge in [0.05, 0.1) is 10.6 Å². The van der Waals surface area contributed by atoms with E-state index in [9.17, 15) is 19.3 Å². The molecule has 0 saturated carbocycles. The van der Waals surface area contributed by atoms with Gasteiger partial charge < -0.3 is 15.2 Å². The highest BCUT2D eigenvalue weighted by molar-refractivity contribution is 5.86. The normalized spacial score (nSPS) is 16.1. The zero-order valence-corrected chi connectivity index (χ0v) is 8.84. The zero-order valence-electron chi connectivity index (χ0n) is 8.84. The Labute approximate surface area is 99.6 Å². The summed E-state index contributed by atoms with van der Waals surface area (Å²) in [7, 11) is 0. The van der Waals surface area contributed by atoms with Crippen LogP contribution in [-0.2, 0) is 4.79 Å². The number of carboxylic acids is 1. The summed E-state index contributed by atoms with van der Waals surface area (Å²) in [5.74, 6) is -2.01. The van der Waals surface area contributed by atoms with E-state index in [0.29, 0.717) is 0 Å². The highest BCUT2D eigenvalue weighted by atomic mass is 19.1. The van der Waals surface area contributed by atoms with Gasteiger partial charge in [0, 0.05) is 6.07 Å². The van der Waals surface area contributed by atoms with Gasteiger partial charge in [0.2, 0.25) is 0 Å². The first-order valence-corrected chi connectivity index (χ1v) is 4.79. The molecule has 1 aromatic rings. The second kappa shape index (κ2) is 4.32. The summed E-state index contributed by atoms with van der Waals surface area (Å²) in [5, 5.41) is 21.9. The van der Waals surface area contributed by atoms with Crippen molar-refractivity contribution in [3.05, 3.63) is 45.5 Å². The van der Waals surface area contributed by atoms with Gasteiger partial charge in [-0.2, -0.15) is 0 Å². The van der Waals surface area contributed by atoms with E-state index in [1.807, 2.05) is 0 Å². The van der Waals surface area contributed by atoms with Crippen LogP contribution in [0.2, 0.25) is 0 Å². The number of carbonyl (C=O) groups is 1. The molecule has 0 aliphatic carbocycles. The van der Waals surface area contributed by atoms with Crippen LogP contribution in [0.4, 0.5) is 10.1 Å². The Hall–Kier alpha value is -2.64. The molecule has 0 unspecified atom stereocenters. The van der Waals surface area contributed by atoms with Crippen molar-refractivity contribution in [3.63, 3.8) is 0 Å². The fourth-order valence-electron chi connectivity index (χ4n) is 1.51. The predicted octanol–water partition coefficient (Wildman–Crippen LogP) is 1.20. The molecule has 1 aromatic carbocycles. The third-order valence-corrected chi connectivity index (χ3v) is 2.27. The first-order valence-electron chi connectivity index (χ1n) is 4.79. The van der Waals surface area contributed by atoms with Gasteiger partial charge >= 0.3 is 11.7 Å². The molecular formula is C10H7FN2O5. The van der Waals surface area contributed by atoms with Crippen molar-refractivity contribution in [2.45, 2.75) is 0 Å². The van der Waals surface area contributed by atoms with Gasteiger partial charge in [-0.3, -0.25) is 10.1 Å². The maximum Gasteiger partial charge on any atom is 0.409 e. The molecule has 0 amide bonds. The fraction of sp³-hybridized carbons (Fsp3) is 0.100. The lowest BCUT2D eigenvalue weighted by Gasteiger charge is -2.20. The van der Waals surface area contributed by atoms with E-state index >= 15 is 0 Å². The molecule has 2 N–H and O–H groups in total. The first kappa shape index (κ1) is 11.8. The number of rotatable bonds is 2. The minimum Gasteiger partial charge on any atom is -0.485 e. The Morgan fingerprint density at radius 1 is 1.56 bits per heavy atom. The highest BCUT2D eigenvalue weighted by Crippen LogP contribution is 2.31. The lowest BCUT2D eigenvalue weighted by Crippen LogP contribution is -2.24. The maximum absolute atomic E-state index is 12.9. The molecule has 8 heteroatoms. The lowest BCUT2D eigenvalue weighted by molar-refractivity contribution is -0.422. The van der Waals surface area contributed by atoms with Crippen molar-refractivity contribution in [2.24, 2.45) is 0 Å². The Kier molecular flexibility index (Phi) is 2.84. The van der Waals surface area contributed by atoms with Gasteiger partial charge in [-0.05, 0) is 12.1 Å². The van der Waals surface area contributed by atoms with Crippen LogP contribution >= 0.6 is 0 Å². The molecule has 1 aliphatic rings. The van der Waals surface area contributed by atoms with E-state index in [1.165, 1.54) is 6.07 Å². The van der Waals surface area contributed by atoms with Crippen LogP contribution < -0.4 is 10.1 Å². The van der Waals surface area contributed by atoms with E-state index in [1.54, 1.807) is 0 Å². The maximum atomic E-state index is 12.9. The number of hydrogen-bond acceptors (Lipinski definition) is 5. The van der Waals surface area contributed by atoms with Crippen molar-refractivity contribution in [2.75, 3.05) is 11.9 Å². The fourth-order valence-corrected chi connectivity index (χ4v) is 1.51. The van der Waals surface area contributed by atoms with Gasteiger partial charge in [0.1, 0.15) is 23.9 Å². The third-order valence-electron chi connectivity index (χ3n) is 2.27. The number of halogens is 1. The minimum atomic E-state index is -1.67. The molecule has 1 heterocycles. The number of aliphatic carboxylic acids is 1.